The van der Waals surface area contributed by atoms with Gasteiger partial charge < -0.3 is 11.1 Å². The number of carbonyl (C=O) groups is 1. The first kappa shape index (κ1) is 13.6. The van der Waals surface area contributed by atoms with Crippen LogP contribution in [0.4, 0.5) is 0 Å². The zero-order valence-corrected chi connectivity index (χ0v) is 10.6. The number of amides is 1. The van der Waals surface area contributed by atoms with Crippen molar-refractivity contribution >= 4 is 5.91 Å². The molecule has 1 unspecified atom stereocenters. The van der Waals surface area contributed by atoms with Gasteiger partial charge in [0.1, 0.15) is 0 Å². The number of pyridine rings is 1. The Hall–Kier alpha value is -1.42. The lowest BCUT2D eigenvalue weighted by atomic mass is 9.86. The molecule has 4 heteroatoms. The highest BCUT2D eigenvalue weighted by molar-refractivity contribution is 5.82. The Bertz CT molecular complexity index is 347. The fourth-order valence-electron chi connectivity index (χ4n) is 1.46. The van der Waals surface area contributed by atoms with Crippen molar-refractivity contribution < 1.29 is 4.79 Å². The molecule has 0 fully saturated rings. The van der Waals surface area contributed by atoms with Crippen LogP contribution in [0.3, 0.4) is 0 Å². The molecule has 1 aromatic heterocycles. The summed E-state index contributed by atoms with van der Waals surface area (Å²) in [5.74, 6) is 0.0263. The third-order valence-electron chi connectivity index (χ3n) is 3.17. The molecular weight excluding hydrogens is 214 g/mol. The van der Waals surface area contributed by atoms with Gasteiger partial charge in [-0.3, -0.25) is 9.78 Å². The van der Waals surface area contributed by atoms with Crippen molar-refractivity contribution in [1.29, 1.82) is 0 Å². The van der Waals surface area contributed by atoms with Crippen molar-refractivity contribution in [3.05, 3.63) is 30.1 Å². The van der Waals surface area contributed by atoms with Gasteiger partial charge in [0.2, 0.25) is 5.91 Å². The summed E-state index contributed by atoms with van der Waals surface area (Å²) in [5.41, 5.74) is 6.16. The summed E-state index contributed by atoms with van der Waals surface area (Å²) in [6.07, 6.45) is 3.25. The van der Waals surface area contributed by atoms with Crippen LogP contribution in [-0.4, -0.2) is 24.0 Å². The Labute approximate surface area is 103 Å². The SMILES string of the molecule is CCC(C)(CN)C(=O)NCCc1ccccn1. The van der Waals surface area contributed by atoms with E-state index in [1.807, 2.05) is 32.0 Å². The molecule has 0 aromatic carbocycles. The molecule has 0 bridgehead atoms. The molecule has 17 heavy (non-hydrogen) atoms. The minimum absolute atomic E-state index is 0.0263. The van der Waals surface area contributed by atoms with Gasteiger partial charge in [-0.15, -0.1) is 0 Å². The Kier molecular flexibility index (Phi) is 5.10. The van der Waals surface area contributed by atoms with Gasteiger partial charge in [0.25, 0.3) is 0 Å². The second kappa shape index (κ2) is 6.35. The third kappa shape index (κ3) is 3.82. The van der Waals surface area contributed by atoms with E-state index in [-0.39, 0.29) is 5.91 Å². The van der Waals surface area contributed by atoms with Gasteiger partial charge in [-0.25, -0.2) is 0 Å². The highest BCUT2D eigenvalue weighted by Gasteiger charge is 2.28. The average molecular weight is 235 g/mol. The fourth-order valence-corrected chi connectivity index (χ4v) is 1.46. The molecular formula is C13H21N3O. The summed E-state index contributed by atoms with van der Waals surface area (Å²) in [5, 5.41) is 2.91. The van der Waals surface area contributed by atoms with Crippen molar-refractivity contribution in [3.8, 4) is 0 Å². The first-order valence-electron chi connectivity index (χ1n) is 6.00. The second-order valence-electron chi connectivity index (χ2n) is 4.45. The molecule has 0 spiro atoms. The van der Waals surface area contributed by atoms with Gasteiger partial charge in [0, 0.05) is 31.4 Å². The molecule has 94 valence electrons. The van der Waals surface area contributed by atoms with Gasteiger partial charge >= 0.3 is 0 Å². The molecule has 1 heterocycles. The van der Waals surface area contributed by atoms with E-state index in [2.05, 4.69) is 10.3 Å². The highest BCUT2D eigenvalue weighted by Crippen LogP contribution is 2.18. The number of nitrogens with two attached hydrogens (primary N) is 1. The van der Waals surface area contributed by atoms with E-state index in [1.165, 1.54) is 0 Å². The summed E-state index contributed by atoms with van der Waals surface area (Å²) >= 11 is 0. The van der Waals surface area contributed by atoms with Crippen molar-refractivity contribution in [3.63, 3.8) is 0 Å². The van der Waals surface area contributed by atoms with Crippen molar-refractivity contribution in [2.24, 2.45) is 11.1 Å². The van der Waals surface area contributed by atoms with E-state index in [9.17, 15) is 4.79 Å². The molecule has 0 saturated heterocycles. The van der Waals surface area contributed by atoms with Gasteiger partial charge in [0.15, 0.2) is 0 Å². The topological polar surface area (TPSA) is 68.0 Å². The molecule has 3 N–H and O–H groups in total. The summed E-state index contributed by atoms with van der Waals surface area (Å²) in [6, 6.07) is 5.78. The van der Waals surface area contributed by atoms with E-state index in [0.717, 1.165) is 18.5 Å². The molecule has 1 aromatic rings. The van der Waals surface area contributed by atoms with Crippen LogP contribution in [0.5, 0.6) is 0 Å². The Morgan fingerprint density at radius 2 is 2.29 bits per heavy atom. The van der Waals surface area contributed by atoms with Crippen LogP contribution < -0.4 is 11.1 Å². The van der Waals surface area contributed by atoms with Gasteiger partial charge in [-0.2, -0.15) is 0 Å². The first-order valence-corrected chi connectivity index (χ1v) is 6.00. The predicted octanol–water partition coefficient (Wildman–Crippen LogP) is 1.12. The molecule has 0 aliphatic rings. The van der Waals surface area contributed by atoms with E-state index in [4.69, 9.17) is 5.73 Å². The lowest BCUT2D eigenvalue weighted by Crippen LogP contribution is -2.44. The van der Waals surface area contributed by atoms with Crippen LogP contribution in [-0.2, 0) is 11.2 Å². The molecule has 1 rings (SSSR count). The number of aromatic nitrogens is 1. The summed E-state index contributed by atoms with van der Waals surface area (Å²) < 4.78 is 0. The van der Waals surface area contributed by atoms with Crippen LogP contribution >= 0.6 is 0 Å². The molecule has 4 nitrogen and oxygen atoms in total. The fraction of sp³-hybridized carbons (Fsp3) is 0.538. The first-order chi connectivity index (χ1) is 8.12. The second-order valence-corrected chi connectivity index (χ2v) is 4.45. The van der Waals surface area contributed by atoms with Crippen molar-refractivity contribution in [1.82, 2.24) is 10.3 Å². The molecule has 1 atom stereocenters. The number of nitrogens with one attached hydrogen (secondary N) is 1. The summed E-state index contributed by atoms with van der Waals surface area (Å²) in [4.78, 5) is 16.1. The zero-order chi connectivity index (χ0) is 12.7. The quantitative estimate of drug-likeness (QED) is 0.776. The van der Waals surface area contributed by atoms with Crippen LogP contribution in [0.25, 0.3) is 0 Å². The van der Waals surface area contributed by atoms with Crippen LogP contribution in [0.1, 0.15) is 26.0 Å². The molecule has 0 aliphatic heterocycles. The van der Waals surface area contributed by atoms with Crippen molar-refractivity contribution in [2.75, 3.05) is 13.1 Å². The highest BCUT2D eigenvalue weighted by atomic mass is 16.2. The van der Waals surface area contributed by atoms with Gasteiger partial charge in [-0.05, 0) is 25.5 Å². The third-order valence-corrected chi connectivity index (χ3v) is 3.17. The minimum Gasteiger partial charge on any atom is -0.355 e. The van der Waals surface area contributed by atoms with E-state index in [1.54, 1.807) is 6.20 Å². The monoisotopic (exact) mass is 235 g/mol. The number of carbonyl (C=O) groups excluding carboxylic acids is 1. The Morgan fingerprint density at radius 1 is 1.53 bits per heavy atom. The number of hydrogen-bond acceptors (Lipinski definition) is 3. The molecule has 0 radical (unpaired) electrons. The van der Waals surface area contributed by atoms with E-state index >= 15 is 0 Å². The van der Waals surface area contributed by atoms with Gasteiger partial charge in [-0.1, -0.05) is 13.0 Å². The number of rotatable bonds is 6. The Morgan fingerprint density at radius 3 is 2.82 bits per heavy atom. The predicted molar refractivity (Wildman–Crippen MR) is 68.4 cm³/mol. The largest absolute Gasteiger partial charge is 0.355 e. The average Bonchev–Trinajstić information content (AvgIpc) is 2.39. The zero-order valence-electron chi connectivity index (χ0n) is 10.6. The van der Waals surface area contributed by atoms with Crippen LogP contribution in [0.15, 0.2) is 24.4 Å². The summed E-state index contributed by atoms with van der Waals surface area (Å²) in [7, 11) is 0. The summed E-state index contributed by atoms with van der Waals surface area (Å²) in [6.45, 7) is 4.85. The maximum Gasteiger partial charge on any atom is 0.227 e. The number of hydrogen-bond donors (Lipinski definition) is 2. The molecule has 1 amide bonds. The maximum atomic E-state index is 11.9. The maximum absolute atomic E-state index is 11.9. The lowest BCUT2D eigenvalue weighted by Gasteiger charge is -2.24. The minimum atomic E-state index is -0.454. The van der Waals surface area contributed by atoms with Crippen LogP contribution in [0.2, 0.25) is 0 Å². The van der Waals surface area contributed by atoms with Crippen molar-refractivity contribution in [2.45, 2.75) is 26.7 Å². The standard InChI is InChI=1S/C13H21N3O/c1-3-13(2,10-14)12(17)16-9-7-11-6-4-5-8-15-11/h4-6,8H,3,7,9-10,14H2,1-2H3,(H,16,17). The smallest absolute Gasteiger partial charge is 0.227 e. The Balaban J connectivity index is 2.39. The molecule has 0 saturated carbocycles. The van der Waals surface area contributed by atoms with E-state index < -0.39 is 5.41 Å². The van der Waals surface area contributed by atoms with Crippen LogP contribution in [0, 0.1) is 5.41 Å². The number of nitrogens with zero attached hydrogens (tertiary/aromatic N) is 1. The van der Waals surface area contributed by atoms with E-state index in [0.29, 0.717) is 13.1 Å². The lowest BCUT2D eigenvalue weighted by molar-refractivity contribution is -0.129. The van der Waals surface area contributed by atoms with Gasteiger partial charge in [0.05, 0.1) is 5.41 Å². The molecule has 0 aliphatic carbocycles. The normalized spacial score (nSPS) is 14.1.